The predicted octanol–water partition coefficient (Wildman–Crippen LogP) is 2.13. The average Bonchev–Trinajstić information content (AvgIpc) is 2.12. The standard InChI is InChI=1S/C10H22N2S2/c1-3-6-12(9-10(11)13)7-5-8-14-4-2/h3-9H2,1-2H3,(H2,11,13). The molecule has 2 N–H and O–H groups in total. The van der Waals surface area contributed by atoms with Crippen molar-refractivity contribution in [1.29, 1.82) is 0 Å². The minimum absolute atomic E-state index is 0.613. The van der Waals surface area contributed by atoms with Gasteiger partial charge in [0.25, 0.3) is 0 Å². The Kier molecular flexibility index (Phi) is 9.88. The molecule has 0 rings (SSSR count). The van der Waals surface area contributed by atoms with E-state index in [-0.39, 0.29) is 0 Å². The Morgan fingerprint density at radius 3 is 2.57 bits per heavy atom. The normalized spacial score (nSPS) is 10.8. The summed E-state index contributed by atoms with van der Waals surface area (Å²) in [5.74, 6) is 2.46. The van der Waals surface area contributed by atoms with Gasteiger partial charge >= 0.3 is 0 Å². The molecule has 4 heteroatoms. The third-order valence-electron chi connectivity index (χ3n) is 1.89. The lowest BCUT2D eigenvalue weighted by atomic mass is 10.3. The first-order chi connectivity index (χ1) is 6.70. The van der Waals surface area contributed by atoms with Crippen LogP contribution in [0.25, 0.3) is 0 Å². The van der Waals surface area contributed by atoms with Gasteiger partial charge in [-0.05, 0) is 37.4 Å². The van der Waals surface area contributed by atoms with Crippen molar-refractivity contribution in [2.24, 2.45) is 5.73 Å². The predicted molar refractivity (Wildman–Crippen MR) is 71.1 cm³/mol. The third kappa shape index (κ3) is 8.78. The van der Waals surface area contributed by atoms with Crippen LogP contribution in [0.3, 0.4) is 0 Å². The van der Waals surface area contributed by atoms with Crippen LogP contribution in [0.2, 0.25) is 0 Å². The number of nitrogens with two attached hydrogens (primary N) is 1. The van der Waals surface area contributed by atoms with Crippen LogP contribution < -0.4 is 5.73 Å². The molecule has 0 unspecified atom stereocenters. The zero-order valence-electron chi connectivity index (χ0n) is 9.29. The van der Waals surface area contributed by atoms with Gasteiger partial charge in [0.15, 0.2) is 0 Å². The van der Waals surface area contributed by atoms with E-state index in [1.165, 1.54) is 24.3 Å². The summed E-state index contributed by atoms with van der Waals surface area (Å²) < 4.78 is 0. The zero-order valence-corrected chi connectivity index (χ0v) is 10.9. The summed E-state index contributed by atoms with van der Waals surface area (Å²) in [5, 5.41) is 0. The molecule has 0 amide bonds. The molecule has 0 atom stereocenters. The second-order valence-corrected chi connectivity index (χ2v) is 5.21. The van der Waals surface area contributed by atoms with E-state index in [2.05, 4.69) is 18.7 Å². The first-order valence-corrected chi connectivity index (χ1v) is 6.85. The summed E-state index contributed by atoms with van der Waals surface area (Å²) in [5.41, 5.74) is 5.54. The van der Waals surface area contributed by atoms with Gasteiger partial charge in [-0.2, -0.15) is 11.8 Å². The smallest absolute Gasteiger partial charge is 0.0870 e. The highest BCUT2D eigenvalue weighted by Gasteiger charge is 2.04. The summed E-state index contributed by atoms with van der Waals surface area (Å²) in [4.78, 5) is 2.96. The van der Waals surface area contributed by atoms with E-state index in [1.54, 1.807) is 0 Å². The molecular formula is C10H22N2S2. The van der Waals surface area contributed by atoms with Crippen molar-refractivity contribution in [3.63, 3.8) is 0 Å². The lowest BCUT2D eigenvalue weighted by molar-refractivity contribution is 0.314. The maximum Gasteiger partial charge on any atom is 0.0870 e. The summed E-state index contributed by atoms with van der Waals surface area (Å²) in [6.45, 7) is 7.39. The molecule has 0 saturated carbocycles. The molecule has 2 nitrogen and oxygen atoms in total. The Bertz CT molecular complexity index is 151. The number of hydrogen-bond acceptors (Lipinski definition) is 3. The monoisotopic (exact) mass is 234 g/mol. The molecule has 0 aromatic carbocycles. The minimum Gasteiger partial charge on any atom is -0.392 e. The Morgan fingerprint density at radius 2 is 2.07 bits per heavy atom. The second-order valence-electron chi connectivity index (χ2n) is 3.29. The average molecular weight is 234 g/mol. The molecule has 84 valence electrons. The first kappa shape index (κ1) is 14.2. The van der Waals surface area contributed by atoms with E-state index in [0.29, 0.717) is 4.99 Å². The molecular weight excluding hydrogens is 212 g/mol. The van der Waals surface area contributed by atoms with E-state index < -0.39 is 0 Å². The van der Waals surface area contributed by atoms with Crippen molar-refractivity contribution >= 4 is 29.0 Å². The van der Waals surface area contributed by atoms with Crippen molar-refractivity contribution in [3.05, 3.63) is 0 Å². The van der Waals surface area contributed by atoms with Gasteiger partial charge in [-0.25, -0.2) is 0 Å². The highest BCUT2D eigenvalue weighted by molar-refractivity contribution is 7.99. The fourth-order valence-corrected chi connectivity index (χ4v) is 2.15. The van der Waals surface area contributed by atoms with Crippen LogP contribution >= 0.6 is 24.0 Å². The molecule has 0 saturated heterocycles. The fourth-order valence-electron chi connectivity index (χ4n) is 1.34. The number of thioether (sulfide) groups is 1. The van der Waals surface area contributed by atoms with E-state index in [9.17, 15) is 0 Å². The quantitative estimate of drug-likeness (QED) is 0.489. The van der Waals surface area contributed by atoms with Crippen molar-refractivity contribution in [2.45, 2.75) is 26.7 Å². The molecule has 0 heterocycles. The van der Waals surface area contributed by atoms with Crippen LogP contribution in [-0.4, -0.2) is 41.0 Å². The Hall–Kier alpha value is 0.200. The Balaban J connectivity index is 3.56. The zero-order chi connectivity index (χ0) is 10.8. The molecule has 0 aromatic heterocycles. The van der Waals surface area contributed by atoms with Crippen LogP contribution in [0.1, 0.15) is 26.7 Å². The van der Waals surface area contributed by atoms with Crippen LogP contribution in [0.4, 0.5) is 0 Å². The van der Waals surface area contributed by atoms with Gasteiger partial charge in [0.05, 0.1) is 4.99 Å². The van der Waals surface area contributed by atoms with Crippen LogP contribution in [0.5, 0.6) is 0 Å². The Labute approximate surface area is 97.6 Å². The summed E-state index contributed by atoms with van der Waals surface area (Å²) in [7, 11) is 0. The van der Waals surface area contributed by atoms with Gasteiger partial charge < -0.3 is 5.73 Å². The second kappa shape index (κ2) is 9.74. The Morgan fingerprint density at radius 1 is 1.36 bits per heavy atom. The topological polar surface area (TPSA) is 29.3 Å². The molecule has 0 bridgehead atoms. The van der Waals surface area contributed by atoms with E-state index in [4.69, 9.17) is 18.0 Å². The number of thiocarbonyl (C=S) groups is 1. The summed E-state index contributed by atoms with van der Waals surface area (Å²) in [6, 6.07) is 0. The highest BCUT2D eigenvalue weighted by Crippen LogP contribution is 2.02. The largest absolute Gasteiger partial charge is 0.392 e. The molecule has 0 radical (unpaired) electrons. The number of nitrogens with zero attached hydrogens (tertiary/aromatic N) is 1. The van der Waals surface area contributed by atoms with Gasteiger partial charge in [-0.3, -0.25) is 4.90 Å². The fraction of sp³-hybridized carbons (Fsp3) is 0.900. The van der Waals surface area contributed by atoms with Crippen LogP contribution in [0, 0.1) is 0 Å². The van der Waals surface area contributed by atoms with Crippen LogP contribution in [0.15, 0.2) is 0 Å². The van der Waals surface area contributed by atoms with E-state index in [0.717, 1.165) is 19.6 Å². The lowest BCUT2D eigenvalue weighted by Gasteiger charge is -2.20. The number of hydrogen-bond donors (Lipinski definition) is 1. The molecule has 0 aliphatic carbocycles. The van der Waals surface area contributed by atoms with Crippen molar-refractivity contribution in [1.82, 2.24) is 4.90 Å². The van der Waals surface area contributed by atoms with Crippen molar-refractivity contribution in [2.75, 3.05) is 31.1 Å². The highest BCUT2D eigenvalue weighted by atomic mass is 32.2. The van der Waals surface area contributed by atoms with Gasteiger partial charge in [0.1, 0.15) is 0 Å². The molecule has 0 aliphatic rings. The maximum absolute atomic E-state index is 5.54. The third-order valence-corrected chi connectivity index (χ3v) is 3.00. The first-order valence-electron chi connectivity index (χ1n) is 5.29. The minimum atomic E-state index is 0.613. The maximum atomic E-state index is 5.54. The molecule has 14 heavy (non-hydrogen) atoms. The lowest BCUT2D eigenvalue weighted by Crippen LogP contribution is -2.34. The van der Waals surface area contributed by atoms with Crippen molar-refractivity contribution < 1.29 is 0 Å². The van der Waals surface area contributed by atoms with Gasteiger partial charge in [0, 0.05) is 6.54 Å². The molecule has 0 fully saturated rings. The SMILES string of the molecule is CCCN(CCCSCC)CC(N)=S. The molecule has 0 aliphatic heterocycles. The summed E-state index contributed by atoms with van der Waals surface area (Å²) in [6.07, 6.45) is 2.41. The summed E-state index contributed by atoms with van der Waals surface area (Å²) >= 11 is 6.91. The van der Waals surface area contributed by atoms with Gasteiger partial charge in [-0.1, -0.05) is 26.1 Å². The van der Waals surface area contributed by atoms with Gasteiger partial charge in [-0.15, -0.1) is 0 Å². The van der Waals surface area contributed by atoms with E-state index >= 15 is 0 Å². The van der Waals surface area contributed by atoms with E-state index in [1.807, 2.05) is 11.8 Å². The molecule has 0 aromatic rings. The van der Waals surface area contributed by atoms with Crippen molar-refractivity contribution in [3.8, 4) is 0 Å². The van der Waals surface area contributed by atoms with Crippen LogP contribution in [-0.2, 0) is 0 Å². The molecule has 0 spiro atoms. The number of rotatable bonds is 9. The van der Waals surface area contributed by atoms with Gasteiger partial charge in [0.2, 0.25) is 0 Å².